The van der Waals surface area contributed by atoms with Gasteiger partial charge in [-0.05, 0) is 38.2 Å². The summed E-state index contributed by atoms with van der Waals surface area (Å²) in [4.78, 5) is 4.13. The van der Waals surface area contributed by atoms with Gasteiger partial charge in [-0.2, -0.15) is 0 Å². The summed E-state index contributed by atoms with van der Waals surface area (Å²) >= 11 is 0. The molecule has 2 atom stereocenters. The number of hydrogen-bond acceptors (Lipinski definition) is 4. The van der Waals surface area contributed by atoms with Gasteiger partial charge in [0.1, 0.15) is 0 Å². The highest BCUT2D eigenvalue weighted by Gasteiger charge is 2.51. The van der Waals surface area contributed by atoms with Gasteiger partial charge in [0.2, 0.25) is 0 Å². The zero-order chi connectivity index (χ0) is 13.7. The van der Waals surface area contributed by atoms with Crippen molar-refractivity contribution < 1.29 is 13.5 Å². The monoisotopic (exact) mass is 281 g/mol. The summed E-state index contributed by atoms with van der Waals surface area (Å²) in [6.45, 7) is 1.93. The first-order valence-corrected chi connectivity index (χ1v) is 8.40. The predicted molar refractivity (Wildman–Crippen MR) is 72.5 cm³/mol. The van der Waals surface area contributed by atoms with Crippen molar-refractivity contribution in [1.29, 1.82) is 0 Å². The molecule has 1 N–H and O–H groups in total. The fraction of sp³-hybridized carbons (Fsp3) is 0.643. The number of nitrogens with zero attached hydrogens (tertiary/aromatic N) is 1. The van der Waals surface area contributed by atoms with E-state index in [0.717, 1.165) is 17.5 Å². The minimum absolute atomic E-state index is 0.316. The molecule has 104 valence electrons. The van der Waals surface area contributed by atoms with E-state index < -0.39 is 15.4 Å². The lowest BCUT2D eigenvalue weighted by atomic mass is 9.81. The summed E-state index contributed by atoms with van der Waals surface area (Å²) in [5.74, 6) is 0. The maximum Gasteiger partial charge on any atom is 0.156 e. The lowest BCUT2D eigenvalue weighted by molar-refractivity contribution is 0.00465. The van der Waals surface area contributed by atoms with Gasteiger partial charge in [0.15, 0.2) is 9.84 Å². The fourth-order valence-corrected chi connectivity index (χ4v) is 6.04. The molecular weight excluding hydrogens is 262 g/mol. The molecule has 2 aliphatic heterocycles. The van der Waals surface area contributed by atoms with Gasteiger partial charge in [-0.15, -0.1) is 0 Å². The molecule has 2 saturated heterocycles. The second-order valence-electron chi connectivity index (χ2n) is 5.95. The van der Waals surface area contributed by atoms with Crippen LogP contribution in [0.15, 0.2) is 18.5 Å². The van der Waals surface area contributed by atoms with Crippen LogP contribution in [0.3, 0.4) is 0 Å². The minimum atomic E-state index is -3.04. The molecule has 0 aromatic carbocycles. The van der Waals surface area contributed by atoms with Gasteiger partial charge in [0.05, 0.1) is 16.1 Å². The molecule has 1 aromatic rings. The number of pyridine rings is 1. The lowest BCUT2D eigenvalue weighted by Crippen LogP contribution is -2.50. The molecular formula is C14H19NO3S. The standard InChI is InChI=1S/C14H19NO3S/c1-10-5-11(9-15-8-10)14(16)6-12-3-2-4-13(7-14)19(12,17)18/h5,8-9,12-13,16H,2-4,6-7H2,1H3. The number of aryl methyl sites for hydroxylation is 1. The van der Waals surface area contributed by atoms with Crippen LogP contribution in [0.4, 0.5) is 0 Å². The Morgan fingerprint density at radius 2 is 1.89 bits per heavy atom. The maximum atomic E-state index is 12.3. The Balaban J connectivity index is 1.99. The van der Waals surface area contributed by atoms with Crippen molar-refractivity contribution in [3.05, 3.63) is 29.6 Å². The third kappa shape index (κ3) is 2.09. The molecule has 19 heavy (non-hydrogen) atoms. The van der Waals surface area contributed by atoms with Crippen LogP contribution >= 0.6 is 0 Å². The first-order valence-electron chi connectivity index (χ1n) is 6.79. The van der Waals surface area contributed by atoms with Crippen LogP contribution in [0, 0.1) is 6.92 Å². The van der Waals surface area contributed by atoms with Gasteiger partial charge >= 0.3 is 0 Å². The van der Waals surface area contributed by atoms with Crippen molar-refractivity contribution in [3.63, 3.8) is 0 Å². The second-order valence-corrected chi connectivity index (χ2v) is 8.47. The Kier molecular flexibility index (Phi) is 2.94. The summed E-state index contributed by atoms with van der Waals surface area (Å²) in [5, 5.41) is 10.1. The normalized spacial score (nSPS) is 36.9. The average molecular weight is 281 g/mol. The quantitative estimate of drug-likeness (QED) is 0.851. The smallest absolute Gasteiger partial charge is 0.156 e. The molecule has 3 heterocycles. The van der Waals surface area contributed by atoms with Gasteiger partial charge in [0, 0.05) is 18.0 Å². The zero-order valence-corrected chi connectivity index (χ0v) is 11.9. The van der Waals surface area contributed by atoms with Crippen LogP contribution in [0.5, 0.6) is 0 Å². The van der Waals surface area contributed by atoms with E-state index in [-0.39, 0.29) is 10.5 Å². The van der Waals surface area contributed by atoms with Crippen molar-refractivity contribution in [1.82, 2.24) is 4.98 Å². The predicted octanol–water partition coefficient (Wildman–Crippen LogP) is 1.71. The van der Waals surface area contributed by atoms with Crippen LogP contribution in [0.1, 0.15) is 43.2 Å². The van der Waals surface area contributed by atoms with Crippen molar-refractivity contribution in [2.24, 2.45) is 0 Å². The van der Waals surface area contributed by atoms with Gasteiger partial charge < -0.3 is 5.11 Å². The Morgan fingerprint density at radius 3 is 2.47 bits per heavy atom. The first kappa shape index (κ1) is 13.1. The third-order valence-corrected chi connectivity index (χ3v) is 7.19. The van der Waals surface area contributed by atoms with E-state index in [4.69, 9.17) is 0 Å². The summed E-state index contributed by atoms with van der Waals surface area (Å²) < 4.78 is 24.5. The Hall–Kier alpha value is -0.940. The molecule has 2 fully saturated rings. The highest BCUT2D eigenvalue weighted by molar-refractivity contribution is 7.92. The van der Waals surface area contributed by atoms with Gasteiger partial charge in [-0.3, -0.25) is 4.98 Å². The van der Waals surface area contributed by atoms with E-state index in [1.807, 2.05) is 13.0 Å². The van der Waals surface area contributed by atoms with Crippen LogP contribution in [0.25, 0.3) is 0 Å². The van der Waals surface area contributed by atoms with E-state index in [1.165, 1.54) is 0 Å². The molecule has 0 saturated carbocycles. The van der Waals surface area contributed by atoms with E-state index >= 15 is 0 Å². The van der Waals surface area contributed by atoms with Crippen LogP contribution in [-0.2, 0) is 15.4 Å². The van der Waals surface area contributed by atoms with E-state index in [9.17, 15) is 13.5 Å². The molecule has 2 unspecified atom stereocenters. The average Bonchev–Trinajstić information content (AvgIpc) is 2.31. The second kappa shape index (κ2) is 4.28. The molecule has 0 aliphatic carbocycles. The van der Waals surface area contributed by atoms with Crippen LogP contribution < -0.4 is 0 Å². The summed E-state index contributed by atoms with van der Waals surface area (Å²) in [6, 6.07) is 1.92. The Morgan fingerprint density at radius 1 is 1.26 bits per heavy atom. The molecule has 0 amide bonds. The number of hydrogen-bond donors (Lipinski definition) is 1. The molecule has 0 radical (unpaired) electrons. The highest BCUT2D eigenvalue weighted by Crippen LogP contribution is 2.45. The molecule has 1 aromatic heterocycles. The van der Waals surface area contributed by atoms with Crippen molar-refractivity contribution in [3.8, 4) is 0 Å². The summed E-state index contributed by atoms with van der Waals surface area (Å²) in [5.41, 5.74) is 0.726. The zero-order valence-electron chi connectivity index (χ0n) is 11.0. The Bertz CT molecular complexity index is 576. The van der Waals surface area contributed by atoms with E-state index in [0.29, 0.717) is 25.7 Å². The number of aliphatic hydroxyl groups is 1. The van der Waals surface area contributed by atoms with Gasteiger partial charge in [-0.1, -0.05) is 12.5 Å². The number of aromatic nitrogens is 1. The largest absolute Gasteiger partial charge is 0.385 e. The molecule has 2 aliphatic rings. The fourth-order valence-electron chi connectivity index (χ4n) is 3.49. The number of sulfone groups is 1. The first-order chi connectivity index (χ1) is 8.92. The lowest BCUT2D eigenvalue weighted by Gasteiger charge is -2.43. The molecule has 4 nitrogen and oxygen atoms in total. The van der Waals surface area contributed by atoms with E-state index in [1.54, 1.807) is 12.4 Å². The van der Waals surface area contributed by atoms with Gasteiger partial charge in [-0.25, -0.2) is 8.42 Å². The highest BCUT2D eigenvalue weighted by atomic mass is 32.2. The third-order valence-electron chi connectivity index (χ3n) is 4.52. The SMILES string of the molecule is Cc1cncc(C2(O)CC3CCCC(C2)S3(=O)=O)c1. The topological polar surface area (TPSA) is 67.3 Å². The van der Waals surface area contributed by atoms with Crippen molar-refractivity contribution >= 4 is 9.84 Å². The Labute approximate surface area is 113 Å². The van der Waals surface area contributed by atoms with Crippen molar-refractivity contribution in [2.45, 2.75) is 55.1 Å². The van der Waals surface area contributed by atoms with Crippen LogP contribution in [0.2, 0.25) is 0 Å². The molecule has 2 bridgehead atoms. The maximum absolute atomic E-state index is 12.3. The van der Waals surface area contributed by atoms with Crippen molar-refractivity contribution in [2.75, 3.05) is 0 Å². The van der Waals surface area contributed by atoms with Crippen LogP contribution in [-0.4, -0.2) is 29.0 Å². The minimum Gasteiger partial charge on any atom is -0.385 e. The summed E-state index contributed by atoms with van der Waals surface area (Å²) in [6.07, 6.45) is 6.36. The molecule has 0 spiro atoms. The molecule has 3 rings (SSSR count). The molecule has 5 heteroatoms. The van der Waals surface area contributed by atoms with Gasteiger partial charge in [0.25, 0.3) is 0 Å². The number of rotatable bonds is 1. The number of fused-ring (bicyclic) bond motifs is 2. The van der Waals surface area contributed by atoms with E-state index in [2.05, 4.69) is 4.98 Å². The summed E-state index contributed by atoms with van der Waals surface area (Å²) in [7, 11) is -3.04.